The third-order valence-corrected chi connectivity index (χ3v) is 6.08. The second kappa shape index (κ2) is 8.03. The summed E-state index contributed by atoms with van der Waals surface area (Å²) in [5.74, 6) is 0.569. The van der Waals surface area contributed by atoms with Crippen molar-refractivity contribution in [2.24, 2.45) is 0 Å². The molecule has 0 unspecified atom stereocenters. The average Bonchev–Trinajstić information content (AvgIpc) is 2.61. The van der Waals surface area contributed by atoms with Crippen LogP contribution in [0.3, 0.4) is 0 Å². The molecule has 0 saturated carbocycles. The van der Waals surface area contributed by atoms with Gasteiger partial charge in [0.25, 0.3) is 0 Å². The monoisotopic (exact) mass is 371 g/mol. The third-order valence-electron chi connectivity index (χ3n) is 4.28. The standard InChI is InChI=1S/C16H25N3O5S/c1-17-7-9-19(10-8-17)16(20)12-18(2)25(21,22)13-5-6-14(23-3)15(11-13)24-4/h5-6,11H,7-10,12H2,1-4H3. The van der Waals surface area contributed by atoms with Gasteiger partial charge in [0.2, 0.25) is 15.9 Å². The summed E-state index contributed by atoms with van der Waals surface area (Å²) in [6, 6.07) is 4.36. The van der Waals surface area contributed by atoms with E-state index >= 15 is 0 Å². The number of sulfonamides is 1. The molecular weight excluding hydrogens is 346 g/mol. The lowest BCUT2D eigenvalue weighted by Gasteiger charge is -2.33. The van der Waals surface area contributed by atoms with Crippen molar-refractivity contribution in [2.45, 2.75) is 4.90 Å². The summed E-state index contributed by atoms with van der Waals surface area (Å²) >= 11 is 0. The normalized spacial score (nSPS) is 16.1. The van der Waals surface area contributed by atoms with Crippen LogP contribution in [-0.4, -0.2) is 89.5 Å². The fourth-order valence-corrected chi connectivity index (χ4v) is 3.72. The second-order valence-electron chi connectivity index (χ2n) is 5.96. The van der Waals surface area contributed by atoms with Crippen LogP contribution in [0.25, 0.3) is 0 Å². The van der Waals surface area contributed by atoms with Gasteiger partial charge >= 0.3 is 0 Å². The van der Waals surface area contributed by atoms with Crippen LogP contribution in [0.15, 0.2) is 23.1 Å². The van der Waals surface area contributed by atoms with E-state index in [1.54, 1.807) is 4.90 Å². The van der Waals surface area contributed by atoms with Crippen molar-refractivity contribution in [3.63, 3.8) is 0 Å². The molecule has 2 rings (SSSR count). The zero-order valence-electron chi connectivity index (χ0n) is 15.1. The Morgan fingerprint density at radius 2 is 1.72 bits per heavy atom. The zero-order chi connectivity index (χ0) is 18.6. The van der Waals surface area contributed by atoms with Gasteiger partial charge in [-0.15, -0.1) is 0 Å². The molecule has 1 fully saturated rings. The summed E-state index contributed by atoms with van der Waals surface area (Å²) in [5.41, 5.74) is 0. The molecule has 0 spiro atoms. The second-order valence-corrected chi connectivity index (χ2v) is 8.01. The first-order chi connectivity index (χ1) is 11.8. The molecule has 0 aliphatic carbocycles. The lowest BCUT2D eigenvalue weighted by Crippen LogP contribution is -2.50. The Labute approximate surface area is 149 Å². The largest absolute Gasteiger partial charge is 0.493 e. The topological polar surface area (TPSA) is 79.4 Å². The lowest BCUT2D eigenvalue weighted by molar-refractivity contribution is -0.132. The number of benzene rings is 1. The van der Waals surface area contributed by atoms with Crippen LogP contribution < -0.4 is 9.47 Å². The van der Waals surface area contributed by atoms with Crippen LogP contribution in [0.4, 0.5) is 0 Å². The molecule has 1 aromatic rings. The van der Waals surface area contributed by atoms with Crippen LogP contribution in [0.2, 0.25) is 0 Å². The molecule has 1 aromatic carbocycles. The molecule has 1 aliphatic heterocycles. The van der Waals surface area contributed by atoms with Crippen molar-refractivity contribution in [2.75, 3.05) is 61.0 Å². The van der Waals surface area contributed by atoms with E-state index in [0.29, 0.717) is 24.6 Å². The van der Waals surface area contributed by atoms with Crippen LogP contribution in [0.5, 0.6) is 11.5 Å². The van der Waals surface area contributed by atoms with E-state index < -0.39 is 10.0 Å². The van der Waals surface area contributed by atoms with Crippen molar-refractivity contribution < 1.29 is 22.7 Å². The van der Waals surface area contributed by atoms with E-state index in [1.165, 1.54) is 39.5 Å². The number of hydrogen-bond donors (Lipinski definition) is 0. The molecule has 0 bridgehead atoms. The molecule has 25 heavy (non-hydrogen) atoms. The summed E-state index contributed by atoms with van der Waals surface area (Å²) in [5, 5.41) is 0. The highest BCUT2D eigenvalue weighted by Gasteiger charge is 2.27. The maximum Gasteiger partial charge on any atom is 0.243 e. The van der Waals surface area contributed by atoms with E-state index in [2.05, 4.69) is 4.90 Å². The fraction of sp³-hybridized carbons (Fsp3) is 0.562. The molecule has 9 heteroatoms. The minimum absolute atomic E-state index is 0.0545. The Morgan fingerprint density at radius 3 is 2.28 bits per heavy atom. The molecule has 140 valence electrons. The van der Waals surface area contributed by atoms with Crippen molar-refractivity contribution >= 4 is 15.9 Å². The number of ether oxygens (including phenoxy) is 2. The fourth-order valence-electron chi connectivity index (χ4n) is 2.59. The van der Waals surface area contributed by atoms with E-state index in [4.69, 9.17) is 9.47 Å². The Hall–Kier alpha value is -1.84. The first kappa shape index (κ1) is 19.5. The van der Waals surface area contributed by atoms with Crippen molar-refractivity contribution in [3.05, 3.63) is 18.2 Å². The molecule has 0 radical (unpaired) electrons. The Bertz CT molecular complexity index is 714. The first-order valence-corrected chi connectivity index (χ1v) is 9.38. The summed E-state index contributed by atoms with van der Waals surface area (Å²) < 4.78 is 36.8. The van der Waals surface area contributed by atoms with Gasteiger partial charge in [-0.25, -0.2) is 8.42 Å². The van der Waals surface area contributed by atoms with E-state index in [1.807, 2.05) is 7.05 Å². The van der Waals surface area contributed by atoms with Gasteiger partial charge in [0.05, 0.1) is 25.7 Å². The van der Waals surface area contributed by atoms with Gasteiger partial charge in [0.1, 0.15) is 0 Å². The highest BCUT2D eigenvalue weighted by Crippen LogP contribution is 2.30. The maximum atomic E-state index is 12.7. The zero-order valence-corrected chi connectivity index (χ0v) is 15.9. The number of nitrogens with zero attached hydrogens (tertiary/aromatic N) is 3. The lowest BCUT2D eigenvalue weighted by atomic mass is 10.3. The van der Waals surface area contributed by atoms with Crippen LogP contribution in [0, 0.1) is 0 Å². The van der Waals surface area contributed by atoms with Gasteiger partial charge in [0.15, 0.2) is 11.5 Å². The molecule has 0 atom stereocenters. The van der Waals surface area contributed by atoms with Crippen molar-refractivity contribution in [1.82, 2.24) is 14.1 Å². The molecule has 0 N–H and O–H groups in total. The van der Waals surface area contributed by atoms with E-state index in [0.717, 1.165) is 17.4 Å². The quantitative estimate of drug-likeness (QED) is 0.706. The van der Waals surface area contributed by atoms with E-state index in [-0.39, 0.29) is 17.3 Å². The van der Waals surface area contributed by atoms with Gasteiger partial charge in [-0.1, -0.05) is 0 Å². The Kier molecular flexibility index (Phi) is 6.26. The number of piperazine rings is 1. The summed E-state index contributed by atoms with van der Waals surface area (Å²) in [4.78, 5) is 16.3. The molecule has 1 heterocycles. The number of likely N-dealkylation sites (N-methyl/N-ethyl adjacent to an activating group) is 2. The van der Waals surface area contributed by atoms with Crippen LogP contribution in [0.1, 0.15) is 0 Å². The van der Waals surface area contributed by atoms with Crippen LogP contribution in [-0.2, 0) is 14.8 Å². The number of rotatable bonds is 6. The minimum atomic E-state index is -3.80. The highest BCUT2D eigenvalue weighted by atomic mass is 32.2. The molecule has 0 aromatic heterocycles. The van der Waals surface area contributed by atoms with Crippen molar-refractivity contribution in [3.8, 4) is 11.5 Å². The van der Waals surface area contributed by atoms with Gasteiger partial charge < -0.3 is 19.3 Å². The first-order valence-electron chi connectivity index (χ1n) is 7.94. The SMILES string of the molecule is COc1ccc(S(=O)(=O)N(C)CC(=O)N2CCN(C)CC2)cc1OC. The number of methoxy groups -OCH3 is 2. The average molecular weight is 371 g/mol. The summed E-state index contributed by atoms with van der Waals surface area (Å²) in [7, 11) is 2.52. The number of carbonyl (C=O) groups excluding carboxylic acids is 1. The number of amides is 1. The Morgan fingerprint density at radius 1 is 1.12 bits per heavy atom. The number of carbonyl (C=O) groups is 1. The predicted molar refractivity (Wildman–Crippen MR) is 93.4 cm³/mol. The molecule has 1 aliphatic rings. The smallest absolute Gasteiger partial charge is 0.243 e. The van der Waals surface area contributed by atoms with Crippen LogP contribution >= 0.6 is 0 Å². The van der Waals surface area contributed by atoms with Crippen molar-refractivity contribution in [1.29, 1.82) is 0 Å². The summed E-state index contributed by atoms with van der Waals surface area (Å²) in [6.07, 6.45) is 0. The molecule has 1 amide bonds. The molecular formula is C16H25N3O5S. The van der Waals surface area contributed by atoms with Gasteiger partial charge in [-0.3, -0.25) is 4.79 Å². The predicted octanol–water partition coefficient (Wildman–Crippen LogP) is 0.0983. The summed E-state index contributed by atoms with van der Waals surface area (Å²) in [6.45, 7) is 2.61. The van der Waals surface area contributed by atoms with Gasteiger partial charge in [0, 0.05) is 39.3 Å². The maximum absolute atomic E-state index is 12.7. The minimum Gasteiger partial charge on any atom is -0.493 e. The van der Waals surface area contributed by atoms with E-state index in [9.17, 15) is 13.2 Å². The molecule has 1 saturated heterocycles. The van der Waals surface area contributed by atoms with Gasteiger partial charge in [-0.2, -0.15) is 4.31 Å². The molecule has 8 nitrogen and oxygen atoms in total. The highest BCUT2D eigenvalue weighted by molar-refractivity contribution is 7.89. The third kappa shape index (κ3) is 4.42. The number of hydrogen-bond acceptors (Lipinski definition) is 6. The van der Waals surface area contributed by atoms with Gasteiger partial charge in [-0.05, 0) is 19.2 Å². The Balaban J connectivity index is 2.12.